The highest BCUT2D eigenvalue weighted by atomic mass is 35.5. The maximum Gasteiger partial charge on any atom is 0.261 e. The van der Waals surface area contributed by atoms with Crippen LogP contribution in [-0.4, -0.2) is 36.4 Å². The quantitative estimate of drug-likeness (QED) is 0.728. The van der Waals surface area contributed by atoms with Crippen molar-refractivity contribution in [1.29, 1.82) is 0 Å². The molecule has 0 bridgehead atoms. The maximum absolute atomic E-state index is 12.9. The highest BCUT2D eigenvalue weighted by Gasteiger charge is 2.26. The van der Waals surface area contributed by atoms with E-state index in [2.05, 4.69) is 5.32 Å². The molecule has 0 saturated carbocycles. The lowest BCUT2D eigenvalue weighted by atomic mass is 10.1. The summed E-state index contributed by atoms with van der Waals surface area (Å²) in [5.74, 6) is 0.0501. The predicted octanol–water partition coefficient (Wildman–Crippen LogP) is 4.15. The molecule has 0 heterocycles. The van der Waals surface area contributed by atoms with Crippen molar-refractivity contribution >= 4 is 35.0 Å². The van der Waals surface area contributed by atoms with Gasteiger partial charge in [0.2, 0.25) is 5.91 Å². The molecule has 0 saturated heterocycles. The van der Waals surface area contributed by atoms with Gasteiger partial charge in [0.25, 0.3) is 5.91 Å². The van der Waals surface area contributed by atoms with Crippen molar-refractivity contribution in [2.24, 2.45) is 0 Å². The lowest BCUT2D eigenvalue weighted by molar-refractivity contribution is -0.142. The first-order valence-corrected chi connectivity index (χ1v) is 9.63. The Morgan fingerprint density at radius 1 is 1.07 bits per heavy atom. The zero-order valence-corrected chi connectivity index (χ0v) is 17.9. The van der Waals surface area contributed by atoms with Crippen LogP contribution in [0.2, 0.25) is 10.0 Å². The average molecular weight is 423 g/mol. The summed E-state index contributed by atoms with van der Waals surface area (Å²) >= 11 is 12.0. The van der Waals surface area contributed by atoms with Crippen LogP contribution in [0.1, 0.15) is 23.6 Å². The predicted molar refractivity (Wildman–Crippen MR) is 112 cm³/mol. The molecular formula is C21H24Cl2N2O3. The van der Waals surface area contributed by atoms with E-state index in [4.69, 9.17) is 27.9 Å². The fraction of sp³-hybridized carbons (Fsp3) is 0.333. The first kappa shape index (κ1) is 22.1. The normalized spacial score (nSPS) is 11.6. The Balaban J connectivity index is 2.18. The van der Waals surface area contributed by atoms with E-state index in [0.29, 0.717) is 15.8 Å². The number of benzene rings is 2. The smallest absolute Gasteiger partial charge is 0.261 e. The second kappa shape index (κ2) is 9.80. The molecule has 1 N–H and O–H groups in total. The molecule has 7 heteroatoms. The molecule has 28 heavy (non-hydrogen) atoms. The standard InChI is InChI=1S/C21H24Cl2N2O3/c1-13-7-14(2)9-17(8-13)28-12-20(26)25(15(3)21(27)24-4)11-16-5-6-18(22)19(23)10-16/h5-10,15H,11-12H2,1-4H3,(H,24,27). The van der Waals surface area contributed by atoms with Crippen LogP contribution in [0.25, 0.3) is 0 Å². The summed E-state index contributed by atoms with van der Waals surface area (Å²) < 4.78 is 5.68. The second-order valence-corrected chi connectivity index (χ2v) is 7.49. The van der Waals surface area contributed by atoms with Gasteiger partial charge < -0.3 is 15.0 Å². The van der Waals surface area contributed by atoms with Crippen molar-refractivity contribution in [3.63, 3.8) is 0 Å². The molecule has 0 aliphatic rings. The number of aryl methyl sites for hydroxylation is 2. The first-order valence-electron chi connectivity index (χ1n) is 8.87. The van der Waals surface area contributed by atoms with Crippen LogP contribution in [0.3, 0.4) is 0 Å². The van der Waals surface area contributed by atoms with Crippen molar-refractivity contribution in [2.45, 2.75) is 33.4 Å². The minimum atomic E-state index is -0.671. The van der Waals surface area contributed by atoms with Crippen molar-refractivity contribution in [1.82, 2.24) is 10.2 Å². The van der Waals surface area contributed by atoms with E-state index < -0.39 is 6.04 Å². The number of rotatable bonds is 7. The van der Waals surface area contributed by atoms with Crippen LogP contribution in [0.4, 0.5) is 0 Å². The molecule has 0 radical (unpaired) electrons. The molecule has 0 aromatic heterocycles. The molecule has 1 atom stereocenters. The zero-order valence-electron chi connectivity index (χ0n) is 16.4. The molecule has 0 aliphatic carbocycles. The van der Waals surface area contributed by atoms with Gasteiger partial charge in [-0.15, -0.1) is 0 Å². The van der Waals surface area contributed by atoms with Gasteiger partial charge in [-0.3, -0.25) is 9.59 Å². The van der Waals surface area contributed by atoms with E-state index in [-0.39, 0.29) is 25.0 Å². The summed E-state index contributed by atoms with van der Waals surface area (Å²) in [5.41, 5.74) is 2.87. The second-order valence-electron chi connectivity index (χ2n) is 6.67. The number of nitrogens with one attached hydrogen (secondary N) is 1. The molecule has 2 aromatic carbocycles. The van der Waals surface area contributed by atoms with Crippen molar-refractivity contribution in [3.05, 3.63) is 63.1 Å². The van der Waals surface area contributed by atoms with Crippen LogP contribution < -0.4 is 10.1 Å². The molecule has 2 rings (SSSR count). The average Bonchev–Trinajstić information content (AvgIpc) is 2.65. The Morgan fingerprint density at radius 2 is 1.71 bits per heavy atom. The molecule has 150 valence electrons. The van der Waals surface area contributed by atoms with Gasteiger partial charge in [-0.2, -0.15) is 0 Å². The van der Waals surface area contributed by atoms with Crippen LogP contribution in [0.5, 0.6) is 5.75 Å². The molecule has 0 fully saturated rings. The van der Waals surface area contributed by atoms with Crippen LogP contribution in [0.15, 0.2) is 36.4 Å². The van der Waals surface area contributed by atoms with Gasteiger partial charge in [-0.25, -0.2) is 0 Å². The monoisotopic (exact) mass is 422 g/mol. The number of likely N-dealkylation sites (N-methyl/N-ethyl adjacent to an activating group) is 1. The number of amides is 2. The Bertz CT molecular complexity index is 850. The summed E-state index contributed by atoms with van der Waals surface area (Å²) in [6.07, 6.45) is 0. The first-order chi connectivity index (χ1) is 13.2. The third-order valence-corrected chi connectivity index (χ3v) is 5.05. The topological polar surface area (TPSA) is 58.6 Å². The van der Waals surface area contributed by atoms with Crippen molar-refractivity contribution < 1.29 is 14.3 Å². The molecule has 0 spiro atoms. The Labute approximate surface area is 175 Å². The molecule has 5 nitrogen and oxygen atoms in total. The fourth-order valence-corrected chi connectivity index (χ4v) is 3.19. The number of hydrogen-bond donors (Lipinski definition) is 1. The minimum Gasteiger partial charge on any atom is -0.484 e. The number of ether oxygens (including phenoxy) is 1. The minimum absolute atomic E-state index is 0.175. The maximum atomic E-state index is 12.9. The molecule has 0 aliphatic heterocycles. The van der Waals surface area contributed by atoms with E-state index in [9.17, 15) is 9.59 Å². The molecule has 1 unspecified atom stereocenters. The number of hydrogen-bond acceptors (Lipinski definition) is 3. The lowest BCUT2D eigenvalue weighted by Crippen LogP contribution is -2.48. The molecular weight excluding hydrogens is 399 g/mol. The van der Waals surface area contributed by atoms with Crippen LogP contribution in [0, 0.1) is 13.8 Å². The third kappa shape index (κ3) is 5.88. The number of carbonyl (C=O) groups excluding carboxylic acids is 2. The van der Waals surface area contributed by atoms with E-state index in [0.717, 1.165) is 16.7 Å². The van der Waals surface area contributed by atoms with Gasteiger partial charge in [0.15, 0.2) is 6.61 Å². The van der Waals surface area contributed by atoms with Crippen molar-refractivity contribution in [2.75, 3.05) is 13.7 Å². The zero-order chi connectivity index (χ0) is 20.8. The highest BCUT2D eigenvalue weighted by molar-refractivity contribution is 6.42. The van der Waals surface area contributed by atoms with Gasteiger partial charge in [-0.1, -0.05) is 35.3 Å². The Kier molecular flexibility index (Phi) is 7.72. The Morgan fingerprint density at radius 3 is 2.29 bits per heavy atom. The largest absolute Gasteiger partial charge is 0.484 e. The van der Waals surface area contributed by atoms with E-state index >= 15 is 0 Å². The number of nitrogens with zero attached hydrogens (tertiary/aromatic N) is 1. The molecule has 2 amide bonds. The highest BCUT2D eigenvalue weighted by Crippen LogP contribution is 2.24. The summed E-state index contributed by atoms with van der Waals surface area (Å²) in [7, 11) is 1.53. The Hall–Kier alpha value is -2.24. The summed E-state index contributed by atoms with van der Waals surface area (Å²) in [5, 5.41) is 3.40. The number of carbonyl (C=O) groups is 2. The van der Waals surface area contributed by atoms with E-state index in [1.807, 2.05) is 32.0 Å². The van der Waals surface area contributed by atoms with E-state index in [1.54, 1.807) is 25.1 Å². The number of halogens is 2. The summed E-state index contributed by atoms with van der Waals surface area (Å²) in [6.45, 7) is 5.63. The van der Waals surface area contributed by atoms with Crippen LogP contribution >= 0.6 is 23.2 Å². The fourth-order valence-electron chi connectivity index (χ4n) is 2.87. The van der Waals surface area contributed by atoms with Gasteiger partial charge >= 0.3 is 0 Å². The van der Waals surface area contributed by atoms with Crippen molar-refractivity contribution in [3.8, 4) is 5.75 Å². The SMILES string of the molecule is CNC(=O)C(C)N(Cc1ccc(Cl)c(Cl)c1)C(=O)COc1cc(C)cc(C)c1. The lowest BCUT2D eigenvalue weighted by Gasteiger charge is -2.28. The summed E-state index contributed by atoms with van der Waals surface area (Å²) in [4.78, 5) is 26.5. The van der Waals surface area contributed by atoms with E-state index in [1.165, 1.54) is 11.9 Å². The summed E-state index contributed by atoms with van der Waals surface area (Å²) in [6, 6.07) is 10.2. The van der Waals surface area contributed by atoms with Gasteiger partial charge in [0.1, 0.15) is 11.8 Å². The van der Waals surface area contributed by atoms with Gasteiger partial charge in [0.05, 0.1) is 10.0 Å². The third-order valence-electron chi connectivity index (χ3n) is 4.31. The molecule has 2 aromatic rings. The van der Waals surface area contributed by atoms with Gasteiger partial charge in [-0.05, 0) is 61.7 Å². The van der Waals surface area contributed by atoms with Crippen LogP contribution in [-0.2, 0) is 16.1 Å². The van der Waals surface area contributed by atoms with Gasteiger partial charge in [0, 0.05) is 13.6 Å².